The van der Waals surface area contributed by atoms with E-state index < -0.39 is 5.82 Å². The van der Waals surface area contributed by atoms with Gasteiger partial charge in [0.05, 0.1) is 32.2 Å². The number of benzene rings is 1. The molecule has 2 aliphatic rings. The van der Waals surface area contributed by atoms with Crippen LogP contribution in [0.4, 0.5) is 21.7 Å². The Morgan fingerprint density at radius 3 is 3.07 bits per heavy atom. The summed E-state index contributed by atoms with van der Waals surface area (Å²) in [5.41, 5.74) is 2.68. The summed E-state index contributed by atoms with van der Waals surface area (Å²) >= 11 is 0. The maximum absolute atomic E-state index is 14.5. The second-order valence-electron chi connectivity index (χ2n) is 7.42. The normalized spacial score (nSPS) is 18.4. The number of nitrogens with zero attached hydrogens (tertiary/aromatic N) is 3. The van der Waals surface area contributed by atoms with Gasteiger partial charge in [0.15, 0.2) is 5.65 Å². The smallest absolute Gasteiger partial charge is 0.257 e. The van der Waals surface area contributed by atoms with E-state index in [-0.39, 0.29) is 25.2 Å². The molecule has 2 aliphatic heterocycles. The van der Waals surface area contributed by atoms with Crippen molar-refractivity contribution < 1.29 is 18.7 Å². The summed E-state index contributed by atoms with van der Waals surface area (Å²) in [7, 11) is 1.48. The summed E-state index contributed by atoms with van der Waals surface area (Å²) in [5.74, 6) is 0.987. The third kappa shape index (κ3) is 3.00. The van der Waals surface area contributed by atoms with Crippen LogP contribution >= 0.6 is 0 Å². The van der Waals surface area contributed by atoms with E-state index in [9.17, 15) is 9.18 Å². The quantitative estimate of drug-likeness (QED) is 0.563. The Morgan fingerprint density at radius 2 is 2.23 bits per heavy atom. The first-order valence-electron chi connectivity index (χ1n) is 9.71. The summed E-state index contributed by atoms with van der Waals surface area (Å²) in [6.45, 7) is 2.85. The molecule has 1 aromatic carbocycles. The van der Waals surface area contributed by atoms with Crippen molar-refractivity contribution >= 4 is 28.9 Å². The summed E-state index contributed by atoms with van der Waals surface area (Å²) in [5, 5.41) is 13.8. The molecule has 1 amide bonds. The number of ether oxygens (including phenoxy) is 2. The first-order valence-corrected chi connectivity index (χ1v) is 9.71. The van der Waals surface area contributed by atoms with E-state index in [1.54, 1.807) is 10.6 Å². The fourth-order valence-corrected chi connectivity index (χ4v) is 3.81. The molecule has 0 saturated carbocycles. The van der Waals surface area contributed by atoms with Crippen LogP contribution in [-0.2, 0) is 17.8 Å². The first-order chi connectivity index (χ1) is 14.5. The minimum Gasteiger partial charge on any atom is -0.494 e. The number of nitrogens with one attached hydrogen (secondary N) is 3. The van der Waals surface area contributed by atoms with Crippen molar-refractivity contribution in [2.45, 2.75) is 26.0 Å². The number of amides is 1. The van der Waals surface area contributed by atoms with Gasteiger partial charge in [0.1, 0.15) is 28.8 Å². The molecule has 0 spiro atoms. The molecule has 0 aliphatic carbocycles. The highest BCUT2D eigenvalue weighted by molar-refractivity contribution is 6.00. The first kappa shape index (κ1) is 18.6. The van der Waals surface area contributed by atoms with E-state index in [0.29, 0.717) is 34.0 Å². The fraction of sp³-hybridized carbons (Fsp3) is 0.350. The lowest BCUT2D eigenvalue weighted by atomic mass is 10.1. The second-order valence-corrected chi connectivity index (χ2v) is 7.42. The Kier molecular flexibility index (Phi) is 4.43. The zero-order chi connectivity index (χ0) is 20.8. The van der Waals surface area contributed by atoms with E-state index in [0.717, 1.165) is 24.3 Å². The molecule has 2 aromatic heterocycles. The lowest BCUT2D eigenvalue weighted by Crippen LogP contribution is -2.36. The molecule has 1 atom stereocenters. The van der Waals surface area contributed by atoms with Gasteiger partial charge in [0.2, 0.25) is 0 Å². The lowest BCUT2D eigenvalue weighted by Gasteiger charge is -2.18. The molecule has 30 heavy (non-hydrogen) atoms. The zero-order valence-corrected chi connectivity index (χ0v) is 16.6. The Bertz CT molecular complexity index is 1160. The molecule has 5 rings (SSSR count). The van der Waals surface area contributed by atoms with Gasteiger partial charge in [-0.2, -0.15) is 9.61 Å². The van der Waals surface area contributed by atoms with Crippen LogP contribution in [0.5, 0.6) is 5.75 Å². The highest BCUT2D eigenvalue weighted by Gasteiger charge is 2.26. The summed E-state index contributed by atoms with van der Waals surface area (Å²) < 4.78 is 27.2. The number of aromatic nitrogens is 3. The number of methoxy groups -OCH3 is 1. The van der Waals surface area contributed by atoms with E-state index >= 15 is 0 Å². The van der Waals surface area contributed by atoms with Gasteiger partial charge >= 0.3 is 0 Å². The molecule has 4 heterocycles. The lowest BCUT2D eigenvalue weighted by molar-refractivity contribution is 0.0814. The van der Waals surface area contributed by atoms with E-state index in [4.69, 9.17) is 14.5 Å². The maximum Gasteiger partial charge on any atom is 0.257 e. The number of carbonyl (C=O) groups excluding carboxylic acids is 1. The Balaban J connectivity index is 1.72. The van der Waals surface area contributed by atoms with E-state index in [1.807, 2.05) is 6.92 Å². The standard InChI is InChI=1S/C20H21FN6O3/c1-10-8-30-9-11-5-15(16(29-2)6-14(11)21)25-17-12-3-4-22-18(12)27-19(26-17)13(7-23-27)20(28)24-10/h5-7,10,22H,3-4,8-9H2,1-2H3,(H,24,28)(H,25,26)/t10-/m1/s1. The number of rotatable bonds is 1. The van der Waals surface area contributed by atoms with Gasteiger partial charge in [-0.05, 0) is 19.4 Å². The van der Waals surface area contributed by atoms with Crippen molar-refractivity contribution in [2.24, 2.45) is 0 Å². The highest BCUT2D eigenvalue weighted by Crippen LogP contribution is 2.35. The predicted molar refractivity (Wildman–Crippen MR) is 108 cm³/mol. The van der Waals surface area contributed by atoms with Crippen molar-refractivity contribution in [1.82, 2.24) is 19.9 Å². The van der Waals surface area contributed by atoms with Crippen LogP contribution in [-0.4, -0.2) is 46.8 Å². The molecule has 156 valence electrons. The van der Waals surface area contributed by atoms with Crippen LogP contribution < -0.4 is 20.7 Å². The number of halogens is 1. The van der Waals surface area contributed by atoms with Crippen molar-refractivity contribution in [3.8, 4) is 5.75 Å². The molecule has 0 radical (unpaired) electrons. The molecule has 0 saturated heterocycles. The minimum atomic E-state index is -0.422. The van der Waals surface area contributed by atoms with Crippen LogP contribution in [0.2, 0.25) is 0 Å². The SMILES string of the molecule is COc1cc(F)c2cc1Nc1nc3c(cnn3c3c1CCN3)C(=O)N[C@H](C)COC2. The number of anilines is 3. The largest absolute Gasteiger partial charge is 0.494 e. The number of fused-ring (bicyclic) bond motifs is 6. The third-order valence-corrected chi connectivity index (χ3v) is 5.28. The van der Waals surface area contributed by atoms with Crippen LogP contribution in [0.3, 0.4) is 0 Å². The number of hydrogen-bond donors (Lipinski definition) is 3. The van der Waals surface area contributed by atoms with Gasteiger partial charge in [0, 0.05) is 29.8 Å². The molecule has 4 bridgehead atoms. The fourth-order valence-electron chi connectivity index (χ4n) is 3.81. The van der Waals surface area contributed by atoms with Gasteiger partial charge in [-0.15, -0.1) is 0 Å². The summed E-state index contributed by atoms with van der Waals surface area (Å²) in [6, 6.07) is 2.72. The number of hydrogen-bond acceptors (Lipinski definition) is 7. The zero-order valence-electron chi connectivity index (χ0n) is 16.6. The van der Waals surface area contributed by atoms with Gasteiger partial charge in [-0.25, -0.2) is 9.37 Å². The Labute approximate surface area is 171 Å². The average Bonchev–Trinajstić information content (AvgIpc) is 3.36. The highest BCUT2D eigenvalue weighted by atomic mass is 19.1. The predicted octanol–water partition coefficient (Wildman–Crippen LogP) is 2.24. The van der Waals surface area contributed by atoms with Gasteiger partial charge < -0.3 is 25.4 Å². The summed E-state index contributed by atoms with van der Waals surface area (Å²) in [4.78, 5) is 17.5. The van der Waals surface area contributed by atoms with Crippen LogP contribution in [0.1, 0.15) is 28.4 Å². The van der Waals surface area contributed by atoms with Crippen LogP contribution in [0.15, 0.2) is 18.3 Å². The molecule has 3 aromatic rings. The second kappa shape index (κ2) is 7.13. The molecular weight excluding hydrogens is 391 g/mol. The monoisotopic (exact) mass is 412 g/mol. The third-order valence-electron chi connectivity index (χ3n) is 5.28. The summed E-state index contributed by atoms with van der Waals surface area (Å²) in [6.07, 6.45) is 2.25. The van der Waals surface area contributed by atoms with Gasteiger partial charge in [-0.1, -0.05) is 0 Å². The molecule has 0 unspecified atom stereocenters. The number of carbonyl (C=O) groups is 1. The van der Waals surface area contributed by atoms with Crippen LogP contribution in [0, 0.1) is 5.82 Å². The van der Waals surface area contributed by atoms with Crippen molar-refractivity contribution in [2.75, 3.05) is 30.9 Å². The molecule has 3 N–H and O–H groups in total. The molecule has 10 heteroatoms. The van der Waals surface area contributed by atoms with Gasteiger partial charge in [0.25, 0.3) is 5.91 Å². The van der Waals surface area contributed by atoms with Crippen molar-refractivity contribution in [1.29, 1.82) is 0 Å². The molecule has 9 nitrogen and oxygen atoms in total. The van der Waals surface area contributed by atoms with Crippen molar-refractivity contribution in [3.05, 3.63) is 40.8 Å². The van der Waals surface area contributed by atoms with Crippen LogP contribution in [0.25, 0.3) is 5.65 Å². The average molecular weight is 412 g/mol. The van der Waals surface area contributed by atoms with E-state index in [1.165, 1.54) is 19.4 Å². The topological polar surface area (TPSA) is 102 Å². The molecular formula is C20H21FN6O3. The Morgan fingerprint density at radius 1 is 1.37 bits per heavy atom. The molecule has 0 fully saturated rings. The van der Waals surface area contributed by atoms with Crippen molar-refractivity contribution in [3.63, 3.8) is 0 Å². The Hall–Kier alpha value is -3.40. The maximum atomic E-state index is 14.5. The minimum absolute atomic E-state index is 0.0654. The van der Waals surface area contributed by atoms with Gasteiger partial charge in [-0.3, -0.25) is 4.79 Å². The van der Waals surface area contributed by atoms with E-state index in [2.05, 4.69) is 21.0 Å².